The van der Waals surface area contributed by atoms with Crippen molar-refractivity contribution in [2.45, 2.75) is 30.9 Å². The monoisotopic (exact) mass is 349 g/mol. The molecular weight excluding hydrogens is 329 g/mol. The van der Waals surface area contributed by atoms with E-state index in [1.54, 1.807) is 18.2 Å². The molecule has 0 fully saturated rings. The SMILES string of the molecule is CC(C)(C(N)=BOC#N)S(=O)(=O)CC1CCOc2ccc(N)cc21. The van der Waals surface area contributed by atoms with Gasteiger partial charge in [-0.3, -0.25) is 0 Å². The summed E-state index contributed by atoms with van der Waals surface area (Å²) in [6.45, 7) is 3.43. The van der Waals surface area contributed by atoms with Crippen LogP contribution in [0, 0.1) is 11.5 Å². The van der Waals surface area contributed by atoms with Gasteiger partial charge in [0, 0.05) is 0 Å². The molecule has 1 heterocycles. The van der Waals surface area contributed by atoms with Crippen molar-refractivity contribution in [1.82, 2.24) is 0 Å². The summed E-state index contributed by atoms with van der Waals surface area (Å²) in [4.78, 5) is 0. The zero-order valence-electron chi connectivity index (χ0n) is 13.7. The van der Waals surface area contributed by atoms with Gasteiger partial charge < -0.3 is 0 Å². The fraction of sp³-hybridized carbons (Fsp3) is 0.467. The van der Waals surface area contributed by atoms with E-state index in [4.69, 9.17) is 21.5 Å². The Morgan fingerprint density at radius 3 is 2.92 bits per heavy atom. The second kappa shape index (κ2) is 6.73. The van der Waals surface area contributed by atoms with Crippen molar-refractivity contribution in [3.05, 3.63) is 23.8 Å². The molecule has 0 spiro atoms. The Kier molecular flexibility index (Phi) is 5.09. The van der Waals surface area contributed by atoms with Crippen LogP contribution >= 0.6 is 0 Å². The molecule has 0 aliphatic carbocycles. The average Bonchev–Trinajstić information content (AvgIpc) is 2.52. The first-order valence-electron chi connectivity index (χ1n) is 7.44. The number of nitrogens with two attached hydrogens (primary N) is 2. The summed E-state index contributed by atoms with van der Waals surface area (Å²) >= 11 is 0. The predicted octanol–water partition coefficient (Wildman–Crippen LogP) is 0.534. The quantitative estimate of drug-likeness (QED) is 0.451. The van der Waals surface area contributed by atoms with Gasteiger partial charge in [-0.25, -0.2) is 0 Å². The predicted molar refractivity (Wildman–Crippen MR) is 93.2 cm³/mol. The Hall–Kier alpha value is -2.21. The number of sulfone groups is 1. The number of nitrogens with zero attached hydrogens (tertiary/aromatic N) is 1. The van der Waals surface area contributed by atoms with Gasteiger partial charge in [-0.15, -0.1) is 0 Å². The van der Waals surface area contributed by atoms with Crippen LogP contribution < -0.4 is 16.2 Å². The third-order valence-electron chi connectivity index (χ3n) is 4.33. The van der Waals surface area contributed by atoms with Crippen LogP contribution in [0.2, 0.25) is 0 Å². The van der Waals surface area contributed by atoms with Gasteiger partial charge in [0.05, 0.1) is 0 Å². The molecule has 7 nitrogen and oxygen atoms in total. The molecule has 4 N–H and O–H groups in total. The van der Waals surface area contributed by atoms with E-state index in [-0.39, 0.29) is 17.3 Å². The Labute approximate surface area is 142 Å². The molecule has 1 aliphatic heterocycles. The van der Waals surface area contributed by atoms with Gasteiger partial charge in [0.1, 0.15) is 0 Å². The van der Waals surface area contributed by atoms with Crippen molar-refractivity contribution in [2.24, 2.45) is 5.73 Å². The van der Waals surface area contributed by atoms with Gasteiger partial charge in [0.15, 0.2) is 0 Å². The standard InChI is InChI=1S/C15H20BN3O4S/c1-15(2,14(19)16-23-9-17)24(20,21)8-10-5-6-22-13-4-3-11(18)7-12(10)13/h3-4,7,10H,5-6,8,18-19H2,1-2H3. The Morgan fingerprint density at radius 2 is 2.25 bits per heavy atom. The third-order valence-corrected chi connectivity index (χ3v) is 6.96. The number of ether oxygens (including phenoxy) is 1. The second-order valence-electron chi connectivity index (χ2n) is 6.21. The fourth-order valence-corrected chi connectivity index (χ4v) is 4.24. The normalized spacial score (nSPS) is 17.9. The number of hydrogen-bond donors (Lipinski definition) is 2. The Balaban J connectivity index is 2.31. The van der Waals surface area contributed by atoms with Crippen molar-refractivity contribution in [3.8, 4) is 12.0 Å². The van der Waals surface area contributed by atoms with Crippen LogP contribution in [0.15, 0.2) is 18.2 Å². The summed E-state index contributed by atoms with van der Waals surface area (Å²) < 4.78 is 34.4. The van der Waals surface area contributed by atoms with E-state index in [2.05, 4.69) is 4.65 Å². The maximum absolute atomic E-state index is 12.9. The van der Waals surface area contributed by atoms with Gasteiger partial charge in [0.25, 0.3) is 0 Å². The molecule has 128 valence electrons. The zero-order chi connectivity index (χ0) is 18.0. The van der Waals surface area contributed by atoms with E-state index in [9.17, 15) is 8.42 Å². The molecular formula is C15H20BN3O4S. The molecule has 1 aromatic rings. The molecule has 1 atom stereocenters. The molecule has 1 aromatic carbocycles. The fourth-order valence-electron chi connectivity index (χ4n) is 2.54. The molecule has 24 heavy (non-hydrogen) atoms. The molecule has 2 rings (SSSR count). The summed E-state index contributed by atoms with van der Waals surface area (Å²) in [5.41, 5.74) is 12.9. The van der Waals surface area contributed by atoms with E-state index < -0.39 is 14.6 Å². The van der Waals surface area contributed by atoms with Crippen LogP contribution in [0.1, 0.15) is 31.7 Å². The molecule has 1 unspecified atom stereocenters. The molecule has 0 saturated heterocycles. The first-order valence-corrected chi connectivity index (χ1v) is 9.09. The third kappa shape index (κ3) is 3.48. The van der Waals surface area contributed by atoms with E-state index in [0.717, 1.165) is 12.7 Å². The zero-order valence-corrected chi connectivity index (χ0v) is 14.5. The van der Waals surface area contributed by atoms with Gasteiger partial charge in [-0.2, -0.15) is 0 Å². The van der Waals surface area contributed by atoms with Gasteiger partial charge >= 0.3 is 142 Å². The number of nitrogen functional groups attached to an aromatic ring is 1. The topological polar surface area (TPSA) is 128 Å². The number of anilines is 1. The summed E-state index contributed by atoms with van der Waals surface area (Å²) in [6.07, 6.45) is 2.01. The number of hydrogen-bond acceptors (Lipinski definition) is 7. The molecule has 9 heteroatoms. The molecule has 0 radical (unpaired) electrons. The molecule has 0 amide bonds. The van der Waals surface area contributed by atoms with E-state index >= 15 is 0 Å². The van der Waals surface area contributed by atoms with Crippen molar-refractivity contribution in [2.75, 3.05) is 18.1 Å². The van der Waals surface area contributed by atoms with E-state index in [1.807, 2.05) is 0 Å². The molecule has 0 saturated carbocycles. The number of nitriles is 1. The van der Waals surface area contributed by atoms with E-state index in [0.29, 0.717) is 24.5 Å². The first-order chi connectivity index (χ1) is 11.2. The summed E-state index contributed by atoms with van der Waals surface area (Å²) in [5.74, 6) is 0.331. The molecule has 0 aromatic heterocycles. The van der Waals surface area contributed by atoms with Crippen LogP contribution in [-0.4, -0.2) is 38.2 Å². The molecule has 0 bridgehead atoms. The van der Waals surface area contributed by atoms with Crippen LogP contribution in [0.3, 0.4) is 0 Å². The second-order valence-corrected chi connectivity index (χ2v) is 8.79. The van der Waals surface area contributed by atoms with Crippen molar-refractivity contribution >= 4 is 28.2 Å². The Bertz CT molecular complexity index is 799. The van der Waals surface area contributed by atoms with Gasteiger partial charge in [-0.1, -0.05) is 0 Å². The minimum atomic E-state index is -3.62. The van der Waals surface area contributed by atoms with Gasteiger partial charge in [0.2, 0.25) is 0 Å². The van der Waals surface area contributed by atoms with Crippen LogP contribution in [-0.2, 0) is 14.5 Å². The minimum absolute atomic E-state index is 0.0242. The number of rotatable bonds is 5. The van der Waals surface area contributed by atoms with Crippen LogP contribution in [0.25, 0.3) is 0 Å². The van der Waals surface area contributed by atoms with Crippen LogP contribution in [0.5, 0.6) is 5.75 Å². The van der Waals surface area contributed by atoms with Gasteiger partial charge in [-0.05, 0) is 0 Å². The first kappa shape index (κ1) is 18.1. The van der Waals surface area contributed by atoms with Crippen molar-refractivity contribution < 1.29 is 17.8 Å². The summed E-state index contributed by atoms with van der Waals surface area (Å²) in [7, 11) is -2.66. The van der Waals surface area contributed by atoms with Crippen LogP contribution in [0.4, 0.5) is 5.69 Å². The molecule has 1 aliphatic rings. The number of benzene rings is 1. The summed E-state index contributed by atoms with van der Waals surface area (Å²) in [6, 6.07) is 5.23. The summed E-state index contributed by atoms with van der Waals surface area (Å²) in [5, 5.41) is 8.43. The van der Waals surface area contributed by atoms with E-state index in [1.165, 1.54) is 20.1 Å². The average molecular weight is 349 g/mol. The van der Waals surface area contributed by atoms with Crippen molar-refractivity contribution in [3.63, 3.8) is 0 Å². The van der Waals surface area contributed by atoms with Crippen molar-refractivity contribution in [1.29, 1.82) is 5.26 Å². The number of fused-ring (bicyclic) bond motifs is 1. The maximum atomic E-state index is 12.9. The Morgan fingerprint density at radius 1 is 1.54 bits per heavy atom.